The first kappa shape index (κ1) is 19.0. The van der Waals surface area contributed by atoms with Crippen LogP contribution in [-0.2, 0) is 0 Å². The summed E-state index contributed by atoms with van der Waals surface area (Å²) in [5.41, 5.74) is 2.52. The first-order valence-corrected chi connectivity index (χ1v) is 8.50. The molecule has 0 saturated heterocycles. The third-order valence-electron chi connectivity index (χ3n) is 3.97. The molecule has 0 aliphatic carbocycles. The van der Waals surface area contributed by atoms with Gasteiger partial charge in [-0.05, 0) is 47.5 Å². The predicted molar refractivity (Wildman–Crippen MR) is 108 cm³/mol. The Hall–Kier alpha value is -3.74. The molecule has 1 N–H and O–H groups in total. The number of hydrogen-bond donors (Lipinski definition) is 1. The van der Waals surface area contributed by atoms with E-state index in [0.717, 1.165) is 11.1 Å². The van der Waals surface area contributed by atoms with E-state index in [1.54, 1.807) is 50.5 Å². The molecular weight excluding hydrogens is 358 g/mol. The van der Waals surface area contributed by atoms with Crippen LogP contribution in [0.5, 0.6) is 23.0 Å². The molecule has 1 aromatic heterocycles. The van der Waals surface area contributed by atoms with E-state index in [9.17, 15) is 5.11 Å². The summed E-state index contributed by atoms with van der Waals surface area (Å²) in [5.74, 6) is 1.95. The highest BCUT2D eigenvalue weighted by Crippen LogP contribution is 2.38. The van der Waals surface area contributed by atoms with Crippen LogP contribution in [0.15, 0.2) is 42.6 Å². The Kier molecular flexibility index (Phi) is 5.96. The minimum Gasteiger partial charge on any atom is -0.508 e. The van der Waals surface area contributed by atoms with Gasteiger partial charge in [0.25, 0.3) is 0 Å². The van der Waals surface area contributed by atoms with Gasteiger partial charge in [0, 0.05) is 6.20 Å². The summed E-state index contributed by atoms with van der Waals surface area (Å²) in [6.45, 7) is 0. The monoisotopic (exact) mass is 379 g/mol. The van der Waals surface area contributed by atoms with Gasteiger partial charge in [-0.3, -0.25) is 0 Å². The molecule has 144 valence electrons. The normalized spacial score (nSPS) is 11.2. The summed E-state index contributed by atoms with van der Waals surface area (Å²) in [4.78, 5) is 0. The molecule has 0 amide bonds. The fraction of sp³-hybridized carbons (Fsp3) is 0.143. The second-order valence-corrected chi connectivity index (χ2v) is 5.82. The summed E-state index contributed by atoms with van der Waals surface area (Å²) in [7, 11) is 4.73. The van der Waals surface area contributed by atoms with E-state index in [1.807, 2.05) is 42.5 Å². The molecule has 3 aromatic rings. The van der Waals surface area contributed by atoms with Gasteiger partial charge in [-0.2, -0.15) is 0 Å². The highest BCUT2D eigenvalue weighted by Gasteiger charge is 2.12. The second kappa shape index (κ2) is 8.77. The first-order valence-electron chi connectivity index (χ1n) is 8.50. The molecule has 3 rings (SSSR count). The largest absolute Gasteiger partial charge is 0.508 e. The molecule has 0 aliphatic heterocycles. The SMILES string of the molecule is COc1cc(/C=C/c2cn(/C=C/c3ccc(O)cc3)nn2)cc(OC)c1OC. The molecule has 2 aromatic carbocycles. The van der Waals surface area contributed by atoms with E-state index < -0.39 is 0 Å². The Bertz CT molecular complexity index is 966. The molecule has 7 heteroatoms. The number of ether oxygens (including phenoxy) is 3. The fourth-order valence-electron chi connectivity index (χ4n) is 2.57. The number of methoxy groups -OCH3 is 3. The zero-order valence-electron chi connectivity index (χ0n) is 15.9. The number of aromatic nitrogens is 3. The maximum Gasteiger partial charge on any atom is 0.203 e. The van der Waals surface area contributed by atoms with Crippen molar-refractivity contribution < 1.29 is 19.3 Å². The summed E-state index contributed by atoms with van der Waals surface area (Å²) < 4.78 is 17.7. The van der Waals surface area contributed by atoms with Gasteiger partial charge in [-0.25, -0.2) is 4.68 Å². The molecule has 0 bridgehead atoms. The highest BCUT2D eigenvalue weighted by atomic mass is 16.5. The van der Waals surface area contributed by atoms with E-state index in [-0.39, 0.29) is 5.75 Å². The van der Waals surface area contributed by atoms with Gasteiger partial charge in [-0.15, -0.1) is 5.10 Å². The number of nitrogens with zero attached hydrogens (tertiary/aromatic N) is 3. The Morgan fingerprint density at radius 2 is 1.54 bits per heavy atom. The van der Waals surface area contributed by atoms with E-state index >= 15 is 0 Å². The molecule has 1 heterocycles. The lowest BCUT2D eigenvalue weighted by atomic mass is 10.1. The van der Waals surface area contributed by atoms with Gasteiger partial charge in [-0.1, -0.05) is 23.4 Å². The molecule has 7 nitrogen and oxygen atoms in total. The van der Waals surface area contributed by atoms with Crippen LogP contribution >= 0.6 is 0 Å². The lowest BCUT2D eigenvalue weighted by Gasteiger charge is -2.12. The van der Waals surface area contributed by atoms with Crippen LogP contribution in [0, 0.1) is 0 Å². The van der Waals surface area contributed by atoms with Gasteiger partial charge in [0.2, 0.25) is 5.75 Å². The molecule has 0 atom stereocenters. The smallest absolute Gasteiger partial charge is 0.203 e. The lowest BCUT2D eigenvalue weighted by Crippen LogP contribution is -1.95. The quantitative estimate of drug-likeness (QED) is 0.673. The summed E-state index contributed by atoms with van der Waals surface area (Å²) in [6.07, 6.45) is 9.20. The Morgan fingerprint density at radius 1 is 0.857 bits per heavy atom. The van der Waals surface area contributed by atoms with E-state index in [0.29, 0.717) is 22.9 Å². The van der Waals surface area contributed by atoms with Crippen LogP contribution in [0.4, 0.5) is 0 Å². The molecule has 28 heavy (non-hydrogen) atoms. The van der Waals surface area contributed by atoms with Crippen molar-refractivity contribution in [1.29, 1.82) is 0 Å². The number of aromatic hydroxyl groups is 1. The van der Waals surface area contributed by atoms with Crippen molar-refractivity contribution >= 4 is 24.4 Å². The van der Waals surface area contributed by atoms with Crippen molar-refractivity contribution in [3.05, 3.63) is 59.4 Å². The van der Waals surface area contributed by atoms with Crippen LogP contribution in [-0.4, -0.2) is 41.4 Å². The van der Waals surface area contributed by atoms with Crippen molar-refractivity contribution in [2.75, 3.05) is 21.3 Å². The Labute approximate surface area is 163 Å². The van der Waals surface area contributed by atoms with Crippen LogP contribution in [0.25, 0.3) is 24.4 Å². The number of phenolic OH excluding ortho intramolecular Hbond substituents is 1. The average Bonchev–Trinajstić information content (AvgIpc) is 3.18. The Balaban J connectivity index is 1.76. The maximum absolute atomic E-state index is 9.31. The van der Waals surface area contributed by atoms with Crippen LogP contribution in [0.3, 0.4) is 0 Å². The van der Waals surface area contributed by atoms with Crippen molar-refractivity contribution in [1.82, 2.24) is 15.0 Å². The van der Waals surface area contributed by atoms with Crippen molar-refractivity contribution in [3.8, 4) is 23.0 Å². The zero-order chi connectivity index (χ0) is 19.9. The molecule has 0 saturated carbocycles. The van der Waals surface area contributed by atoms with Gasteiger partial charge >= 0.3 is 0 Å². The van der Waals surface area contributed by atoms with E-state index in [2.05, 4.69) is 10.3 Å². The van der Waals surface area contributed by atoms with Crippen LogP contribution in [0.1, 0.15) is 16.8 Å². The van der Waals surface area contributed by atoms with E-state index in [4.69, 9.17) is 14.2 Å². The standard InChI is InChI=1S/C21H21N3O4/c1-26-19-12-16(13-20(27-2)21(19)28-3)4-7-17-14-24(23-22-17)11-10-15-5-8-18(25)9-6-15/h4-14,25H,1-3H3/b7-4+,11-10+. The number of rotatable bonds is 7. The molecule has 0 aliphatic rings. The first-order chi connectivity index (χ1) is 13.6. The minimum absolute atomic E-state index is 0.233. The van der Waals surface area contributed by atoms with Gasteiger partial charge in [0.1, 0.15) is 11.4 Å². The topological polar surface area (TPSA) is 78.6 Å². The number of phenols is 1. The second-order valence-electron chi connectivity index (χ2n) is 5.82. The van der Waals surface area contributed by atoms with Crippen molar-refractivity contribution in [2.45, 2.75) is 0 Å². The molecule has 0 spiro atoms. The number of benzene rings is 2. The lowest BCUT2D eigenvalue weighted by molar-refractivity contribution is 0.324. The van der Waals surface area contributed by atoms with Crippen LogP contribution < -0.4 is 14.2 Å². The average molecular weight is 379 g/mol. The van der Waals surface area contributed by atoms with Gasteiger partial charge in [0.15, 0.2) is 11.5 Å². The predicted octanol–water partition coefficient (Wildman–Crippen LogP) is 3.81. The molecular formula is C21H21N3O4. The maximum atomic E-state index is 9.31. The highest BCUT2D eigenvalue weighted by molar-refractivity contribution is 5.71. The minimum atomic E-state index is 0.233. The third kappa shape index (κ3) is 4.50. The summed E-state index contributed by atoms with van der Waals surface area (Å²) in [6, 6.07) is 10.6. The summed E-state index contributed by atoms with van der Waals surface area (Å²) in [5, 5.41) is 17.5. The molecule has 0 fully saturated rings. The summed E-state index contributed by atoms with van der Waals surface area (Å²) >= 11 is 0. The van der Waals surface area contributed by atoms with Crippen molar-refractivity contribution in [2.24, 2.45) is 0 Å². The van der Waals surface area contributed by atoms with E-state index in [1.165, 1.54) is 0 Å². The van der Waals surface area contributed by atoms with Gasteiger partial charge < -0.3 is 19.3 Å². The van der Waals surface area contributed by atoms with Crippen LogP contribution in [0.2, 0.25) is 0 Å². The number of hydrogen-bond acceptors (Lipinski definition) is 6. The Morgan fingerprint density at radius 3 is 2.14 bits per heavy atom. The fourth-order valence-corrected chi connectivity index (χ4v) is 2.57. The van der Waals surface area contributed by atoms with Gasteiger partial charge in [0.05, 0.1) is 27.5 Å². The zero-order valence-corrected chi connectivity index (χ0v) is 15.9. The van der Waals surface area contributed by atoms with Crippen molar-refractivity contribution in [3.63, 3.8) is 0 Å². The third-order valence-corrected chi connectivity index (χ3v) is 3.97. The molecule has 0 radical (unpaired) electrons. The molecule has 0 unspecified atom stereocenters.